The van der Waals surface area contributed by atoms with Gasteiger partial charge < -0.3 is 15.4 Å². The number of carbonyl (C=O) groups excluding carboxylic acids is 1. The molecule has 1 aromatic carbocycles. The van der Waals surface area contributed by atoms with Crippen LogP contribution < -0.4 is 15.4 Å². The third-order valence-electron chi connectivity index (χ3n) is 3.33. The van der Waals surface area contributed by atoms with Gasteiger partial charge in [0.1, 0.15) is 11.6 Å². The van der Waals surface area contributed by atoms with E-state index in [0.717, 1.165) is 44.4 Å². The van der Waals surface area contributed by atoms with Crippen LogP contribution in [0, 0.1) is 5.82 Å². The predicted molar refractivity (Wildman–Crippen MR) is 81.9 cm³/mol. The minimum Gasteiger partial charge on any atom is -0.434 e. The molecule has 2 rings (SSSR count). The van der Waals surface area contributed by atoms with E-state index in [2.05, 4.69) is 20.3 Å². The van der Waals surface area contributed by atoms with E-state index in [9.17, 15) is 18.0 Å². The van der Waals surface area contributed by atoms with E-state index in [1.165, 1.54) is 0 Å². The number of nitrogens with zero attached hydrogens (tertiary/aromatic N) is 1. The number of ether oxygens (including phenoxy) is 1. The number of hydrogen-bond donors (Lipinski definition) is 2. The molecule has 0 saturated carbocycles. The molecule has 1 aliphatic rings. The zero-order chi connectivity index (χ0) is 15.9. The minimum absolute atomic E-state index is 0. The fraction of sp³-hybridized carbons (Fsp3) is 0.500. The lowest BCUT2D eigenvalue weighted by Gasteiger charge is -2.27. The summed E-state index contributed by atoms with van der Waals surface area (Å²) in [6, 6.07) is 2.94. The van der Waals surface area contributed by atoms with Crippen molar-refractivity contribution in [2.24, 2.45) is 0 Å². The predicted octanol–water partition coefficient (Wildman–Crippen LogP) is 1.48. The molecule has 2 N–H and O–H groups in total. The van der Waals surface area contributed by atoms with Crippen LogP contribution in [0.3, 0.4) is 0 Å². The molecule has 0 unspecified atom stereocenters. The highest BCUT2D eigenvalue weighted by Gasteiger charge is 2.17. The van der Waals surface area contributed by atoms with Crippen molar-refractivity contribution in [1.29, 1.82) is 0 Å². The van der Waals surface area contributed by atoms with Crippen LogP contribution in [0.1, 0.15) is 10.4 Å². The van der Waals surface area contributed by atoms with Gasteiger partial charge in [0.05, 0.1) is 5.56 Å². The maximum atomic E-state index is 13.1. The van der Waals surface area contributed by atoms with Crippen molar-refractivity contribution in [2.75, 3.05) is 39.3 Å². The lowest BCUT2D eigenvalue weighted by atomic mass is 10.2. The molecule has 1 aliphatic heterocycles. The number of benzene rings is 1. The van der Waals surface area contributed by atoms with Gasteiger partial charge in [0, 0.05) is 45.3 Å². The van der Waals surface area contributed by atoms with Crippen LogP contribution in [0.2, 0.25) is 0 Å². The quantitative estimate of drug-likeness (QED) is 0.813. The fourth-order valence-electron chi connectivity index (χ4n) is 2.23. The first-order valence-electron chi connectivity index (χ1n) is 7.02. The summed E-state index contributed by atoms with van der Waals surface area (Å²) in [4.78, 5) is 14.2. The van der Waals surface area contributed by atoms with E-state index in [-0.39, 0.29) is 18.0 Å². The summed E-state index contributed by atoms with van der Waals surface area (Å²) >= 11 is 0. The number of carbonyl (C=O) groups is 1. The Labute approximate surface area is 138 Å². The van der Waals surface area contributed by atoms with Gasteiger partial charge in [-0.3, -0.25) is 9.69 Å². The Morgan fingerprint density at radius 2 is 2.04 bits per heavy atom. The zero-order valence-electron chi connectivity index (χ0n) is 12.4. The summed E-state index contributed by atoms with van der Waals surface area (Å²) in [6.07, 6.45) is 0. The van der Waals surface area contributed by atoms with E-state index in [1.54, 1.807) is 0 Å². The monoisotopic (exact) mass is 353 g/mol. The van der Waals surface area contributed by atoms with Crippen LogP contribution in [0.4, 0.5) is 13.2 Å². The second kappa shape index (κ2) is 9.59. The smallest absolute Gasteiger partial charge is 0.387 e. The Balaban J connectivity index is 0.00000264. The third-order valence-corrected chi connectivity index (χ3v) is 3.33. The van der Waals surface area contributed by atoms with Gasteiger partial charge >= 0.3 is 6.61 Å². The van der Waals surface area contributed by atoms with E-state index in [4.69, 9.17) is 0 Å². The van der Waals surface area contributed by atoms with Gasteiger partial charge in [0.25, 0.3) is 5.91 Å². The molecule has 0 bridgehead atoms. The minimum atomic E-state index is -3.12. The third kappa shape index (κ3) is 6.25. The average molecular weight is 354 g/mol. The molecule has 0 radical (unpaired) electrons. The number of rotatable bonds is 6. The second-order valence-electron chi connectivity index (χ2n) is 4.87. The number of piperazine rings is 1. The standard InChI is InChI=1S/C14H18F3N3O2.ClH/c15-10-1-2-11(12(9-10)22-14(16)17)13(21)19-5-8-20-6-3-18-4-7-20;/h1-2,9,14,18H,3-8H2,(H,19,21);1H. The second-order valence-corrected chi connectivity index (χ2v) is 4.87. The molecule has 9 heteroatoms. The van der Waals surface area contributed by atoms with Gasteiger partial charge in [-0.05, 0) is 12.1 Å². The normalized spacial score (nSPS) is 15.1. The summed E-state index contributed by atoms with van der Waals surface area (Å²) in [6.45, 7) is 1.52. The molecule has 1 heterocycles. The van der Waals surface area contributed by atoms with Crippen molar-refractivity contribution in [3.8, 4) is 5.75 Å². The molecule has 0 aliphatic carbocycles. The largest absolute Gasteiger partial charge is 0.434 e. The van der Waals surface area contributed by atoms with Gasteiger partial charge in [0.15, 0.2) is 0 Å². The van der Waals surface area contributed by atoms with Crippen molar-refractivity contribution in [3.63, 3.8) is 0 Å². The van der Waals surface area contributed by atoms with E-state index < -0.39 is 24.1 Å². The van der Waals surface area contributed by atoms with Gasteiger partial charge in [-0.1, -0.05) is 0 Å². The highest BCUT2D eigenvalue weighted by atomic mass is 35.5. The average Bonchev–Trinajstić information content (AvgIpc) is 2.47. The lowest BCUT2D eigenvalue weighted by Crippen LogP contribution is -2.46. The first-order chi connectivity index (χ1) is 10.6. The molecule has 1 fully saturated rings. The summed E-state index contributed by atoms with van der Waals surface area (Å²) in [7, 11) is 0. The van der Waals surface area contributed by atoms with E-state index in [1.807, 2.05) is 0 Å². The number of alkyl halides is 2. The fourth-order valence-corrected chi connectivity index (χ4v) is 2.23. The molecule has 23 heavy (non-hydrogen) atoms. The molecule has 0 aromatic heterocycles. The van der Waals surface area contributed by atoms with Crippen LogP contribution in [-0.2, 0) is 0 Å². The van der Waals surface area contributed by atoms with Crippen LogP contribution in [0.15, 0.2) is 18.2 Å². The summed E-state index contributed by atoms with van der Waals surface area (Å²) in [5.74, 6) is -1.77. The maximum absolute atomic E-state index is 13.1. The molecule has 1 saturated heterocycles. The molecule has 0 spiro atoms. The Morgan fingerprint density at radius 1 is 1.35 bits per heavy atom. The van der Waals surface area contributed by atoms with Crippen LogP contribution in [0.25, 0.3) is 0 Å². The summed E-state index contributed by atoms with van der Waals surface area (Å²) in [5, 5.41) is 5.85. The molecule has 1 aromatic rings. The topological polar surface area (TPSA) is 53.6 Å². The van der Waals surface area contributed by atoms with Gasteiger partial charge in [-0.2, -0.15) is 8.78 Å². The number of hydrogen-bond acceptors (Lipinski definition) is 4. The first-order valence-corrected chi connectivity index (χ1v) is 7.02. The Morgan fingerprint density at radius 3 is 2.70 bits per heavy atom. The molecular weight excluding hydrogens is 335 g/mol. The van der Waals surface area contributed by atoms with Crippen LogP contribution in [0.5, 0.6) is 5.75 Å². The number of amides is 1. The highest BCUT2D eigenvalue weighted by Crippen LogP contribution is 2.21. The zero-order valence-corrected chi connectivity index (χ0v) is 13.2. The Hall–Kier alpha value is -1.51. The van der Waals surface area contributed by atoms with Crippen molar-refractivity contribution >= 4 is 18.3 Å². The van der Waals surface area contributed by atoms with Gasteiger partial charge in [-0.25, -0.2) is 4.39 Å². The van der Waals surface area contributed by atoms with Crippen molar-refractivity contribution in [3.05, 3.63) is 29.6 Å². The SMILES string of the molecule is Cl.O=C(NCCN1CCNCC1)c1ccc(F)cc1OC(F)F. The molecule has 130 valence electrons. The summed E-state index contributed by atoms with van der Waals surface area (Å²) in [5.41, 5.74) is -0.109. The van der Waals surface area contributed by atoms with Gasteiger partial charge in [0.2, 0.25) is 0 Å². The first kappa shape index (κ1) is 19.5. The number of halogens is 4. The van der Waals surface area contributed by atoms with Crippen LogP contribution in [-0.4, -0.2) is 56.7 Å². The number of nitrogens with one attached hydrogen (secondary N) is 2. The highest BCUT2D eigenvalue weighted by molar-refractivity contribution is 5.96. The van der Waals surface area contributed by atoms with Crippen molar-refractivity contribution in [1.82, 2.24) is 15.5 Å². The van der Waals surface area contributed by atoms with Crippen molar-refractivity contribution in [2.45, 2.75) is 6.61 Å². The Kier molecular flexibility index (Phi) is 8.15. The van der Waals surface area contributed by atoms with Gasteiger partial charge in [-0.15, -0.1) is 12.4 Å². The van der Waals surface area contributed by atoms with Crippen LogP contribution >= 0.6 is 12.4 Å². The maximum Gasteiger partial charge on any atom is 0.387 e. The molecule has 0 atom stereocenters. The van der Waals surface area contributed by atoms with E-state index in [0.29, 0.717) is 13.1 Å². The molecule has 1 amide bonds. The summed E-state index contributed by atoms with van der Waals surface area (Å²) < 4.78 is 41.9. The Bertz CT molecular complexity index is 514. The molecule has 5 nitrogen and oxygen atoms in total. The lowest BCUT2D eigenvalue weighted by molar-refractivity contribution is -0.0503. The van der Waals surface area contributed by atoms with Crippen molar-refractivity contribution < 1.29 is 22.7 Å². The van der Waals surface area contributed by atoms with E-state index >= 15 is 0 Å². The molecular formula is C14H19ClF3N3O2.